The Bertz CT molecular complexity index is 384. The van der Waals surface area contributed by atoms with Gasteiger partial charge in [0, 0.05) is 23.5 Å². The van der Waals surface area contributed by atoms with E-state index in [2.05, 4.69) is 20.0 Å². The monoisotopic (exact) mass is 258 g/mol. The predicted molar refractivity (Wildman–Crippen MR) is 67.3 cm³/mol. The minimum Gasteiger partial charge on any atom is -0.392 e. The molecule has 6 nitrogen and oxygen atoms in total. The van der Waals surface area contributed by atoms with Gasteiger partial charge in [0.2, 0.25) is 5.13 Å². The van der Waals surface area contributed by atoms with E-state index in [1.165, 1.54) is 0 Å². The third-order valence-electron chi connectivity index (χ3n) is 1.88. The number of carbonyl (C=O) groups excluding carboxylic acids is 1. The second kappa shape index (κ2) is 5.42. The van der Waals surface area contributed by atoms with Gasteiger partial charge in [-0.2, -0.15) is 4.37 Å². The van der Waals surface area contributed by atoms with Crippen molar-refractivity contribution < 1.29 is 9.90 Å². The summed E-state index contributed by atoms with van der Waals surface area (Å²) in [5, 5.41) is 14.6. The minimum atomic E-state index is -0.569. The van der Waals surface area contributed by atoms with Crippen molar-refractivity contribution in [3.05, 3.63) is 5.82 Å². The quantitative estimate of drug-likeness (QED) is 0.763. The number of carbonyl (C=O) groups is 1. The number of aliphatic hydroxyl groups is 1. The first-order chi connectivity index (χ1) is 7.79. The molecule has 1 rings (SSSR count). The van der Waals surface area contributed by atoms with Gasteiger partial charge in [-0.25, -0.2) is 9.78 Å². The molecule has 0 aliphatic heterocycles. The highest BCUT2D eigenvalue weighted by Gasteiger charge is 2.20. The molecule has 0 fully saturated rings. The van der Waals surface area contributed by atoms with Crippen LogP contribution < -0.4 is 10.6 Å². The van der Waals surface area contributed by atoms with E-state index < -0.39 is 6.10 Å². The van der Waals surface area contributed by atoms with Gasteiger partial charge < -0.3 is 10.4 Å². The van der Waals surface area contributed by atoms with E-state index in [1.807, 2.05) is 20.8 Å². The van der Waals surface area contributed by atoms with Gasteiger partial charge in [0.05, 0.1) is 6.10 Å². The van der Waals surface area contributed by atoms with E-state index in [0.29, 0.717) is 11.0 Å². The van der Waals surface area contributed by atoms with E-state index in [9.17, 15) is 4.79 Å². The van der Waals surface area contributed by atoms with Crippen LogP contribution in [0.5, 0.6) is 0 Å². The summed E-state index contributed by atoms with van der Waals surface area (Å²) in [5.41, 5.74) is -0.132. The minimum absolute atomic E-state index is 0.132. The summed E-state index contributed by atoms with van der Waals surface area (Å²) in [7, 11) is 0. The standard InChI is InChI=1S/C10H18N4O2S/c1-6(15)5-11-8(16)13-9-12-7(14-17-9)10(2,3)4/h6,15H,5H2,1-4H3,(H2,11,12,13,14,16)/t6-/m0/s1. The highest BCUT2D eigenvalue weighted by Crippen LogP contribution is 2.22. The third-order valence-corrected chi connectivity index (χ3v) is 2.51. The average molecular weight is 258 g/mol. The molecule has 0 bridgehead atoms. The van der Waals surface area contributed by atoms with Crippen LogP contribution in [0.1, 0.15) is 33.5 Å². The zero-order chi connectivity index (χ0) is 13.1. The molecule has 7 heteroatoms. The van der Waals surface area contributed by atoms with E-state index >= 15 is 0 Å². The highest BCUT2D eigenvalue weighted by atomic mass is 32.1. The van der Waals surface area contributed by atoms with Crippen molar-refractivity contribution in [2.75, 3.05) is 11.9 Å². The Kier molecular flexibility index (Phi) is 4.41. The Hall–Kier alpha value is -1.21. The van der Waals surface area contributed by atoms with Crippen LogP contribution in [0.25, 0.3) is 0 Å². The molecule has 0 unspecified atom stereocenters. The van der Waals surface area contributed by atoms with Crippen molar-refractivity contribution in [3.63, 3.8) is 0 Å². The molecule has 1 heterocycles. The maximum Gasteiger partial charge on any atom is 0.321 e. The van der Waals surface area contributed by atoms with Crippen LogP contribution in [0.4, 0.5) is 9.93 Å². The molecule has 0 aliphatic carbocycles. The molecule has 3 N–H and O–H groups in total. The number of rotatable bonds is 3. The fourth-order valence-corrected chi connectivity index (χ4v) is 1.71. The van der Waals surface area contributed by atoms with Crippen LogP contribution in [0.3, 0.4) is 0 Å². The second-order valence-corrected chi connectivity index (χ2v) is 5.61. The average Bonchev–Trinajstić information content (AvgIpc) is 2.62. The maximum absolute atomic E-state index is 11.4. The van der Waals surface area contributed by atoms with Crippen molar-refractivity contribution in [1.29, 1.82) is 0 Å². The van der Waals surface area contributed by atoms with Gasteiger partial charge in [0.1, 0.15) is 5.82 Å². The summed E-state index contributed by atoms with van der Waals surface area (Å²) in [6.07, 6.45) is -0.569. The third kappa shape index (κ3) is 4.66. The molecule has 0 saturated heterocycles. The molecule has 0 saturated carbocycles. The fourth-order valence-electron chi connectivity index (χ4n) is 0.961. The molecule has 17 heavy (non-hydrogen) atoms. The zero-order valence-corrected chi connectivity index (χ0v) is 11.3. The zero-order valence-electron chi connectivity index (χ0n) is 10.4. The van der Waals surface area contributed by atoms with Crippen molar-refractivity contribution in [3.8, 4) is 0 Å². The molecule has 2 amide bonds. The molecule has 0 aliphatic rings. The summed E-state index contributed by atoms with van der Waals surface area (Å²) in [5.74, 6) is 0.702. The number of hydrogen-bond acceptors (Lipinski definition) is 5. The molecule has 0 radical (unpaired) electrons. The van der Waals surface area contributed by atoms with Crippen LogP contribution in [0, 0.1) is 0 Å². The summed E-state index contributed by atoms with van der Waals surface area (Å²) in [6, 6.07) is -0.387. The van der Waals surface area contributed by atoms with E-state index in [1.54, 1.807) is 6.92 Å². The van der Waals surface area contributed by atoms with Crippen molar-refractivity contribution >= 4 is 22.7 Å². The van der Waals surface area contributed by atoms with Crippen molar-refractivity contribution in [2.45, 2.75) is 39.2 Å². The summed E-state index contributed by atoms with van der Waals surface area (Å²) < 4.78 is 4.17. The van der Waals surface area contributed by atoms with E-state index in [4.69, 9.17) is 5.11 Å². The molecule has 1 aromatic rings. The smallest absolute Gasteiger partial charge is 0.321 e. The molecule has 1 atom stereocenters. The fraction of sp³-hybridized carbons (Fsp3) is 0.700. The number of hydrogen-bond donors (Lipinski definition) is 3. The first-order valence-corrected chi connectivity index (χ1v) is 6.13. The summed E-state index contributed by atoms with van der Waals surface area (Å²) in [6.45, 7) is 7.82. The molecule has 96 valence electrons. The number of urea groups is 1. The first kappa shape index (κ1) is 13.9. The number of amides is 2. The molecule has 0 spiro atoms. The SMILES string of the molecule is C[C@H](O)CNC(=O)Nc1nc(C(C)(C)C)ns1. The van der Waals surface area contributed by atoms with Crippen LogP contribution in [0.2, 0.25) is 0 Å². The number of aromatic nitrogens is 2. The first-order valence-electron chi connectivity index (χ1n) is 5.36. The lowest BCUT2D eigenvalue weighted by Gasteiger charge is -2.12. The number of anilines is 1. The van der Waals surface area contributed by atoms with Gasteiger partial charge in [-0.1, -0.05) is 20.8 Å². The van der Waals surface area contributed by atoms with Crippen LogP contribution in [-0.4, -0.2) is 33.1 Å². The molecule has 0 aromatic carbocycles. The topological polar surface area (TPSA) is 87.1 Å². The Morgan fingerprint density at radius 3 is 2.65 bits per heavy atom. The van der Waals surface area contributed by atoms with Gasteiger partial charge in [-0.05, 0) is 6.92 Å². The Labute approximate surface area is 105 Å². The van der Waals surface area contributed by atoms with Crippen molar-refractivity contribution in [2.24, 2.45) is 0 Å². The highest BCUT2D eigenvalue weighted by molar-refractivity contribution is 7.09. The molecule has 1 aromatic heterocycles. The number of aliphatic hydroxyl groups excluding tert-OH is 1. The second-order valence-electron chi connectivity index (χ2n) is 4.86. The van der Waals surface area contributed by atoms with Gasteiger partial charge in [-0.15, -0.1) is 0 Å². The van der Waals surface area contributed by atoms with E-state index in [-0.39, 0.29) is 18.0 Å². The van der Waals surface area contributed by atoms with Gasteiger partial charge in [0.15, 0.2) is 0 Å². The summed E-state index contributed by atoms with van der Waals surface area (Å²) >= 11 is 1.14. The van der Waals surface area contributed by atoms with Crippen LogP contribution in [0.15, 0.2) is 0 Å². The lowest BCUT2D eigenvalue weighted by atomic mass is 9.96. The largest absolute Gasteiger partial charge is 0.392 e. The Morgan fingerprint density at radius 1 is 1.53 bits per heavy atom. The van der Waals surface area contributed by atoms with Gasteiger partial charge >= 0.3 is 6.03 Å². The Morgan fingerprint density at radius 2 is 2.18 bits per heavy atom. The lowest BCUT2D eigenvalue weighted by molar-refractivity contribution is 0.190. The molecular formula is C10H18N4O2S. The maximum atomic E-state index is 11.4. The number of nitrogens with one attached hydrogen (secondary N) is 2. The van der Waals surface area contributed by atoms with Gasteiger partial charge in [-0.3, -0.25) is 5.32 Å². The Balaban J connectivity index is 2.52. The van der Waals surface area contributed by atoms with Crippen LogP contribution >= 0.6 is 11.5 Å². The molecular weight excluding hydrogens is 240 g/mol. The van der Waals surface area contributed by atoms with Crippen LogP contribution in [-0.2, 0) is 5.41 Å². The normalized spacial score (nSPS) is 13.2. The summed E-state index contributed by atoms with van der Waals surface area (Å²) in [4.78, 5) is 15.6. The van der Waals surface area contributed by atoms with E-state index in [0.717, 1.165) is 11.5 Å². The number of nitrogens with zero attached hydrogens (tertiary/aromatic N) is 2. The predicted octanol–water partition coefficient (Wildman–Crippen LogP) is 1.34. The lowest BCUT2D eigenvalue weighted by Crippen LogP contribution is -2.34. The van der Waals surface area contributed by atoms with Gasteiger partial charge in [0.25, 0.3) is 0 Å². The van der Waals surface area contributed by atoms with Crippen molar-refractivity contribution in [1.82, 2.24) is 14.7 Å².